The second kappa shape index (κ2) is 9.60. The number of Topliss-reactive ketones (excluding diaryl/α,β-unsaturated/α-hetero) is 1. The number of ketones is 1. The van der Waals surface area contributed by atoms with E-state index >= 15 is 0 Å². The van der Waals surface area contributed by atoms with Crippen LogP contribution in [0.15, 0.2) is 42.5 Å². The van der Waals surface area contributed by atoms with Gasteiger partial charge in [0.15, 0.2) is 5.78 Å². The first-order valence-corrected chi connectivity index (χ1v) is 11.4. The van der Waals surface area contributed by atoms with Gasteiger partial charge >= 0.3 is 6.03 Å². The number of amides is 2. The van der Waals surface area contributed by atoms with Gasteiger partial charge in [0.25, 0.3) is 0 Å². The number of carbonyl (C=O) groups is 2. The lowest BCUT2D eigenvalue weighted by Gasteiger charge is -2.36. The van der Waals surface area contributed by atoms with Crippen molar-refractivity contribution in [2.75, 3.05) is 54.4 Å². The topological polar surface area (TPSA) is 55.9 Å². The summed E-state index contributed by atoms with van der Waals surface area (Å²) in [6, 6.07) is 13.3. The van der Waals surface area contributed by atoms with Gasteiger partial charge in [-0.1, -0.05) is 11.6 Å². The summed E-state index contributed by atoms with van der Waals surface area (Å²) < 4.78 is 0. The zero-order valence-corrected chi connectivity index (χ0v) is 18.7. The van der Waals surface area contributed by atoms with Crippen molar-refractivity contribution in [1.82, 2.24) is 4.90 Å². The number of piperidine rings is 1. The highest BCUT2D eigenvalue weighted by molar-refractivity contribution is 6.33. The molecular formula is C24H29ClN4O2. The number of hydrogen-bond donors (Lipinski definition) is 1. The lowest BCUT2D eigenvalue weighted by atomic mass is 10.1. The molecule has 2 aromatic rings. The fraction of sp³-hybridized carbons (Fsp3) is 0.417. The van der Waals surface area contributed by atoms with E-state index in [1.54, 1.807) is 6.92 Å². The second-order valence-electron chi connectivity index (χ2n) is 8.22. The summed E-state index contributed by atoms with van der Waals surface area (Å²) in [5.41, 5.74) is 3.55. The highest BCUT2D eigenvalue weighted by Crippen LogP contribution is 2.31. The molecule has 0 spiro atoms. The van der Waals surface area contributed by atoms with Crippen LogP contribution in [0.5, 0.6) is 0 Å². The molecule has 2 aliphatic rings. The van der Waals surface area contributed by atoms with Crippen LogP contribution in [0.2, 0.25) is 5.02 Å². The minimum absolute atomic E-state index is 0.0668. The standard InChI is InChI=1S/C24H29ClN4O2/c1-18(30)19-5-8-21(9-6-19)27-13-15-29(16-14-27)24(31)26-20-7-10-23(22(25)17-20)28-11-3-2-4-12-28/h5-10,17H,2-4,11-16H2,1H3,(H,26,31). The number of urea groups is 1. The van der Waals surface area contributed by atoms with Crippen LogP contribution in [0.1, 0.15) is 36.5 Å². The average molecular weight is 441 g/mol. The molecule has 0 atom stereocenters. The molecule has 2 fully saturated rings. The van der Waals surface area contributed by atoms with Crippen LogP contribution in [-0.4, -0.2) is 56.0 Å². The minimum Gasteiger partial charge on any atom is -0.370 e. The van der Waals surface area contributed by atoms with E-state index in [1.165, 1.54) is 19.3 Å². The summed E-state index contributed by atoms with van der Waals surface area (Å²) >= 11 is 6.52. The monoisotopic (exact) mass is 440 g/mol. The molecule has 2 aliphatic heterocycles. The number of halogens is 1. The summed E-state index contributed by atoms with van der Waals surface area (Å²) in [5.74, 6) is 0.0668. The maximum absolute atomic E-state index is 12.7. The molecule has 164 valence electrons. The lowest BCUT2D eigenvalue weighted by molar-refractivity contribution is 0.101. The van der Waals surface area contributed by atoms with E-state index < -0.39 is 0 Å². The van der Waals surface area contributed by atoms with E-state index in [0.29, 0.717) is 23.7 Å². The first-order valence-electron chi connectivity index (χ1n) is 11.0. The van der Waals surface area contributed by atoms with Gasteiger partial charge in [-0.3, -0.25) is 4.79 Å². The number of piperazine rings is 1. The van der Waals surface area contributed by atoms with Crippen LogP contribution in [-0.2, 0) is 0 Å². The quantitative estimate of drug-likeness (QED) is 0.688. The van der Waals surface area contributed by atoms with E-state index in [0.717, 1.165) is 43.2 Å². The molecule has 2 saturated heterocycles. The number of nitrogens with one attached hydrogen (secondary N) is 1. The Hall–Kier alpha value is -2.73. The molecule has 0 saturated carbocycles. The molecule has 0 aromatic heterocycles. The van der Waals surface area contributed by atoms with Gasteiger partial charge in [0.2, 0.25) is 0 Å². The largest absolute Gasteiger partial charge is 0.370 e. The molecule has 31 heavy (non-hydrogen) atoms. The molecule has 4 rings (SSSR count). The summed E-state index contributed by atoms with van der Waals surface area (Å²) in [4.78, 5) is 30.6. The molecule has 0 aliphatic carbocycles. The van der Waals surface area contributed by atoms with Crippen molar-refractivity contribution in [2.45, 2.75) is 26.2 Å². The van der Waals surface area contributed by atoms with Crippen molar-refractivity contribution in [3.8, 4) is 0 Å². The smallest absolute Gasteiger partial charge is 0.321 e. The number of carbonyl (C=O) groups excluding carboxylic acids is 2. The Morgan fingerprint density at radius 1 is 0.839 bits per heavy atom. The van der Waals surface area contributed by atoms with Crippen molar-refractivity contribution in [2.24, 2.45) is 0 Å². The Balaban J connectivity index is 1.31. The van der Waals surface area contributed by atoms with Crippen LogP contribution >= 0.6 is 11.6 Å². The SMILES string of the molecule is CC(=O)c1ccc(N2CCN(C(=O)Nc3ccc(N4CCCCC4)c(Cl)c3)CC2)cc1. The van der Waals surface area contributed by atoms with Gasteiger partial charge in [-0.15, -0.1) is 0 Å². The molecule has 0 unspecified atom stereocenters. The van der Waals surface area contributed by atoms with Crippen LogP contribution in [0.4, 0.5) is 21.9 Å². The Morgan fingerprint density at radius 3 is 2.13 bits per heavy atom. The highest BCUT2D eigenvalue weighted by Gasteiger charge is 2.22. The Labute approximate surface area is 188 Å². The second-order valence-corrected chi connectivity index (χ2v) is 8.63. The molecular weight excluding hydrogens is 412 g/mol. The van der Waals surface area contributed by atoms with Gasteiger partial charge < -0.3 is 20.0 Å². The normalized spacial score (nSPS) is 16.9. The van der Waals surface area contributed by atoms with Gasteiger partial charge in [-0.05, 0) is 68.7 Å². The van der Waals surface area contributed by atoms with E-state index in [9.17, 15) is 9.59 Å². The Morgan fingerprint density at radius 2 is 1.52 bits per heavy atom. The molecule has 1 N–H and O–H groups in total. The zero-order valence-electron chi connectivity index (χ0n) is 17.9. The summed E-state index contributed by atoms with van der Waals surface area (Å²) in [5, 5.41) is 3.66. The number of rotatable bonds is 4. The van der Waals surface area contributed by atoms with Gasteiger partial charge in [0.1, 0.15) is 0 Å². The first kappa shape index (κ1) is 21.5. The van der Waals surface area contributed by atoms with Crippen molar-refractivity contribution in [3.05, 3.63) is 53.1 Å². The summed E-state index contributed by atoms with van der Waals surface area (Å²) in [6.45, 7) is 6.42. The first-order chi connectivity index (χ1) is 15.0. The third kappa shape index (κ3) is 5.13. The molecule has 0 radical (unpaired) electrons. The van der Waals surface area contributed by atoms with Crippen LogP contribution in [0.25, 0.3) is 0 Å². The Kier molecular flexibility index (Phi) is 6.66. The lowest BCUT2D eigenvalue weighted by Crippen LogP contribution is -2.50. The van der Waals surface area contributed by atoms with Crippen LogP contribution < -0.4 is 15.1 Å². The fourth-order valence-electron chi connectivity index (χ4n) is 4.25. The van der Waals surface area contributed by atoms with Crippen molar-refractivity contribution < 1.29 is 9.59 Å². The number of nitrogens with zero attached hydrogens (tertiary/aromatic N) is 3. The fourth-order valence-corrected chi connectivity index (χ4v) is 4.55. The summed E-state index contributed by atoms with van der Waals surface area (Å²) in [6.07, 6.45) is 3.67. The van der Waals surface area contributed by atoms with Crippen LogP contribution in [0.3, 0.4) is 0 Å². The minimum atomic E-state index is -0.103. The predicted molar refractivity (Wildman–Crippen MR) is 127 cm³/mol. The van der Waals surface area contributed by atoms with E-state index in [2.05, 4.69) is 15.1 Å². The van der Waals surface area contributed by atoms with Gasteiger partial charge in [-0.25, -0.2) is 4.79 Å². The number of anilines is 3. The van der Waals surface area contributed by atoms with Crippen molar-refractivity contribution >= 4 is 40.5 Å². The van der Waals surface area contributed by atoms with Gasteiger partial charge in [-0.2, -0.15) is 0 Å². The molecule has 2 heterocycles. The van der Waals surface area contributed by atoms with Gasteiger partial charge in [0.05, 0.1) is 10.7 Å². The molecule has 0 bridgehead atoms. The van der Waals surface area contributed by atoms with E-state index in [4.69, 9.17) is 11.6 Å². The number of benzene rings is 2. The molecule has 6 nitrogen and oxygen atoms in total. The maximum Gasteiger partial charge on any atom is 0.321 e. The summed E-state index contributed by atoms with van der Waals surface area (Å²) in [7, 11) is 0. The predicted octanol–water partition coefficient (Wildman–Crippen LogP) is 4.89. The van der Waals surface area contributed by atoms with Crippen LogP contribution in [0, 0.1) is 0 Å². The molecule has 2 amide bonds. The van der Waals surface area contributed by atoms with Crippen molar-refractivity contribution in [3.63, 3.8) is 0 Å². The number of hydrogen-bond acceptors (Lipinski definition) is 4. The van der Waals surface area contributed by atoms with E-state index in [-0.39, 0.29) is 11.8 Å². The molecule has 7 heteroatoms. The maximum atomic E-state index is 12.7. The van der Waals surface area contributed by atoms with E-state index in [1.807, 2.05) is 47.4 Å². The third-order valence-electron chi connectivity index (χ3n) is 6.10. The highest BCUT2D eigenvalue weighted by atomic mass is 35.5. The average Bonchev–Trinajstić information content (AvgIpc) is 2.80. The van der Waals surface area contributed by atoms with Crippen molar-refractivity contribution in [1.29, 1.82) is 0 Å². The Bertz CT molecular complexity index is 933. The zero-order chi connectivity index (χ0) is 21.8. The van der Waals surface area contributed by atoms with Gasteiger partial charge in [0, 0.05) is 56.2 Å². The third-order valence-corrected chi connectivity index (χ3v) is 6.40. The molecule has 2 aromatic carbocycles.